The molecule has 3 rings (SSSR count). The summed E-state index contributed by atoms with van der Waals surface area (Å²) >= 11 is 0. The van der Waals surface area contributed by atoms with E-state index in [-0.39, 0.29) is 5.91 Å². The van der Waals surface area contributed by atoms with E-state index in [2.05, 4.69) is 25.7 Å². The molecule has 0 unspecified atom stereocenters. The summed E-state index contributed by atoms with van der Waals surface area (Å²) in [6.45, 7) is 2.02. The number of nitrogens with zero attached hydrogens (tertiary/aromatic N) is 3. The summed E-state index contributed by atoms with van der Waals surface area (Å²) in [5.74, 6) is -0.358. The molecule has 2 N–H and O–H groups in total. The van der Waals surface area contributed by atoms with E-state index in [1.54, 1.807) is 18.3 Å². The number of aryl methyl sites for hydroxylation is 1. The maximum Gasteiger partial charge on any atom is 0.289 e. The Morgan fingerprint density at radius 2 is 2.04 bits per heavy atom. The Morgan fingerprint density at radius 1 is 1.22 bits per heavy atom. The lowest BCUT2D eigenvalue weighted by Crippen LogP contribution is -2.18. The smallest absolute Gasteiger partial charge is 0.272 e. The molecule has 6 nitrogen and oxygen atoms in total. The second-order valence-electron chi connectivity index (χ2n) is 4.99. The van der Waals surface area contributed by atoms with Crippen molar-refractivity contribution >= 4 is 12.1 Å². The molecule has 0 aliphatic carbocycles. The highest BCUT2D eigenvalue weighted by Gasteiger charge is 2.10. The molecule has 0 saturated heterocycles. The minimum Gasteiger partial charge on any atom is -0.272 e. The maximum absolute atomic E-state index is 12.0. The van der Waals surface area contributed by atoms with E-state index in [9.17, 15) is 4.79 Å². The molecule has 0 fully saturated rings. The lowest BCUT2D eigenvalue weighted by Gasteiger charge is -1.96. The standard InChI is InChI=1S/C17H15N5O/c1-12-5-7-13(8-6-12)15-10-16(21-20-15)17(23)22-19-11-14-4-2-3-9-18-14/h2-11H,1H3,(H,20,21)(H,22,23)/b19-11+. The number of hydrogen-bond acceptors (Lipinski definition) is 4. The second-order valence-corrected chi connectivity index (χ2v) is 4.99. The Balaban J connectivity index is 1.67. The van der Waals surface area contributed by atoms with Crippen molar-refractivity contribution in [3.8, 4) is 11.3 Å². The third-order valence-electron chi connectivity index (χ3n) is 3.22. The minimum atomic E-state index is -0.358. The number of aromatic amines is 1. The number of H-pyrrole nitrogens is 1. The lowest BCUT2D eigenvalue weighted by atomic mass is 10.1. The number of hydrogen-bond donors (Lipinski definition) is 2. The molecule has 3 aromatic rings. The van der Waals surface area contributed by atoms with Crippen LogP contribution in [0.4, 0.5) is 0 Å². The molecule has 1 aromatic carbocycles. The van der Waals surface area contributed by atoms with Gasteiger partial charge in [-0.25, -0.2) is 5.43 Å². The van der Waals surface area contributed by atoms with Crippen molar-refractivity contribution in [3.05, 3.63) is 71.7 Å². The summed E-state index contributed by atoms with van der Waals surface area (Å²) < 4.78 is 0. The fraction of sp³-hybridized carbons (Fsp3) is 0.0588. The van der Waals surface area contributed by atoms with Gasteiger partial charge in [0.15, 0.2) is 0 Å². The van der Waals surface area contributed by atoms with Crippen LogP contribution in [0.5, 0.6) is 0 Å². The van der Waals surface area contributed by atoms with Gasteiger partial charge in [-0.1, -0.05) is 35.9 Å². The Kier molecular flexibility index (Phi) is 4.24. The summed E-state index contributed by atoms with van der Waals surface area (Å²) in [5, 5.41) is 10.7. The highest BCUT2D eigenvalue weighted by atomic mass is 16.2. The number of hydrazone groups is 1. The van der Waals surface area contributed by atoms with Crippen molar-refractivity contribution in [1.82, 2.24) is 20.6 Å². The van der Waals surface area contributed by atoms with Crippen LogP contribution in [-0.4, -0.2) is 27.3 Å². The van der Waals surface area contributed by atoms with Crippen molar-refractivity contribution in [2.75, 3.05) is 0 Å². The van der Waals surface area contributed by atoms with Crippen molar-refractivity contribution < 1.29 is 4.79 Å². The first kappa shape index (κ1) is 14.6. The number of carbonyl (C=O) groups is 1. The van der Waals surface area contributed by atoms with Crippen molar-refractivity contribution in [3.63, 3.8) is 0 Å². The molecule has 2 aromatic heterocycles. The minimum absolute atomic E-state index is 0.346. The molecular formula is C17H15N5O. The van der Waals surface area contributed by atoms with Gasteiger partial charge in [0.1, 0.15) is 5.69 Å². The predicted molar refractivity (Wildman–Crippen MR) is 88.1 cm³/mol. The molecule has 0 bridgehead atoms. The first-order valence-electron chi connectivity index (χ1n) is 7.09. The molecule has 1 amide bonds. The van der Waals surface area contributed by atoms with Crippen LogP contribution in [0.2, 0.25) is 0 Å². The van der Waals surface area contributed by atoms with Crippen LogP contribution >= 0.6 is 0 Å². The molecule has 23 heavy (non-hydrogen) atoms. The Bertz CT molecular complexity index is 822. The van der Waals surface area contributed by atoms with Gasteiger partial charge in [0.25, 0.3) is 5.91 Å². The Hall–Kier alpha value is -3.28. The first-order chi connectivity index (χ1) is 11.2. The highest BCUT2D eigenvalue weighted by molar-refractivity contribution is 5.93. The molecule has 2 heterocycles. The largest absolute Gasteiger partial charge is 0.289 e. The molecule has 0 spiro atoms. The maximum atomic E-state index is 12.0. The van der Waals surface area contributed by atoms with Crippen LogP contribution in [0.25, 0.3) is 11.3 Å². The van der Waals surface area contributed by atoms with Gasteiger partial charge < -0.3 is 0 Å². The van der Waals surface area contributed by atoms with E-state index >= 15 is 0 Å². The summed E-state index contributed by atoms with van der Waals surface area (Å²) in [5.41, 5.74) is 6.28. The van der Waals surface area contributed by atoms with Crippen LogP contribution < -0.4 is 5.43 Å². The molecule has 6 heteroatoms. The Labute approximate surface area is 133 Å². The fourth-order valence-corrected chi connectivity index (χ4v) is 1.98. The number of rotatable bonds is 4. The predicted octanol–water partition coefficient (Wildman–Crippen LogP) is 2.54. The lowest BCUT2D eigenvalue weighted by molar-refractivity contribution is 0.0950. The molecule has 0 aliphatic heterocycles. The van der Waals surface area contributed by atoms with Crippen molar-refractivity contribution in [2.24, 2.45) is 5.10 Å². The number of nitrogens with one attached hydrogen (secondary N) is 2. The van der Waals surface area contributed by atoms with Crippen molar-refractivity contribution in [1.29, 1.82) is 0 Å². The van der Waals surface area contributed by atoms with E-state index in [1.165, 1.54) is 11.8 Å². The molecular weight excluding hydrogens is 290 g/mol. The monoisotopic (exact) mass is 305 g/mol. The average Bonchev–Trinajstić information content (AvgIpc) is 3.06. The number of benzene rings is 1. The van der Waals surface area contributed by atoms with E-state index < -0.39 is 0 Å². The highest BCUT2D eigenvalue weighted by Crippen LogP contribution is 2.18. The van der Waals surface area contributed by atoms with E-state index in [4.69, 9.17) is 0 Å². The summed E-state index contributed by atoms with van der Waals surface area (Å²) in [6, 6.07) is 15.1. The molecule has 114 valence electrons. The van der Waals surface area contributed by atoms with Gasteiger partial charge in [0.05, 0.1) is 17.6 Å². The first-order valence-corrected chi connectivity index (χ1v) is 7.09. The van der Waals surface area contributed by atoms with Crippen LogP contribution in [0.3, 0.4) is 0 Å². The van der Waals surface area contributed by atoms with E-state index in [0.717, 1.165) is 5.56 Å². The van der Waals surface area contributed by atoms with Crippen LogP contribution in [0.15, 0.2) is 59.8 Å². The Morgan fingerprint density at radius 3 is 2.78 bits per heavy atom. The topological polar surface area (TPSA) is 83.0 Å². The van der Waals surface area contributed by atoms with E-state index in [1.807, 2.05) is 43.3 Å². The number of amides is 1. The second kappa shape index (κ2) is 6.65. The van der Waals surface area contributed by atoms with E-state index in [0.29, 0.717) is 17.1 Å². The van der Waals surface area contributed by atoms with Gasteiger partial charge in [-0.2, -0.15) is 10.2 Å². The summed E-state index contributed by atoms with van der Waals surface area (Å²) in [7, 11) is 0. The fourth-order valence-electron chi connectivity index (χ4n) is 1.98. The third kappa shape index (κ3) is 3.68. The molecule has 0 saturated carbocycles. The van der Waals surface area contributed by atoms with Gasteiger partial charge in [-0.15, -0.1) is 0 Å². The normalized spacial score (nSPS) is 10.8. The van der Waals surface area contributed by atoms with Crippen molar-refractivity contribution in [2.45, 2.75) is 6.92 Å². The van der Waals surface area contributed by atoms with Crippen LogP contribution in [-0.2, 0) is 0 Å². The SMILES string of the molecule is Cc1ccc(-c2cc(C(=O)N/N=C/c3ccccn3)[nH]n2)cc1. The quantitative estimate of drug-likeness (QED) is 0.574. The summed E-state index contributed by atoms with van der Waals surface area (Å²) in [4.78, 5) is 16.1. The molecule has 0 aliphatic rings. The van der Waals surface area contributed by atoms with Crippen LogP contribution in [0, 0.1) is 6.92 Å². The van der Waals surface area contributed by atoms with Gasteiger partial charge >= 0.3 is 0 Å². The van der Waals surface area contributed by atoms with Gasteiger partial charge in [-0.05, 0) is 25.1 Å². The zero-order chi connectivity index (χ0) is 16.1. The zero-order valence-corrected chi connectivity index (χ0v) is 12.5. The molecule has 0 atom stereocenters. The number of carbonyl (C=O) groups excluding carboxylic acids is 1. The average molecular weight is 305 g/mol. The van der Waals surface area contributed by atoms with Gasteiger partial charge in [0, 0.05) is 11.8 Å². The van der Waals surface area contributed by atoms with Gasteiger partial charge in [0.2, 0.25) is 0 Å². The third-order valence-corrected chi connectivity index (χ3v) is 3.22. The number of pyridine rings is 1. The molecule has 0 radical (unpaired) electrons. The van der Waals surface area contributed by atoms with Gasteiger partial charge in [-0.3, -0.25) is 14.9 Å². The van der Waals surface area contributed by atoms with Crippen LogP contribution in [0.1, 0.15) is 21.7 Å². The zero-order valence-electron chi connectivity index (χ0n) is 12.5. The summed E-state index contributed by atoms with van der Waals surface area (Å²) in [6.07, 6.45) is 3.14. The number of aromatic nitrogens is 3.